The number of carbonyl (C=O) groups is 2. The van der Waals surface area contributed by atoms with Crippen LogP contribution in [0.1, 0.15) is 57.3 Å². The number of piperidine rings is 1. The summed E-state index contributed by atoms with van der Waals surface area (Å²) in [5.41, 5.74) is 2.11. The number of anilines is 1. The molecule has 0 saturated carbocycles. The normalized spacial score (nSPS) is 19.8. The van der Waals surface area contributed by atoms with Crippen molar-refractivity contribution in [2.24, 2.45) is 0 Å². The monoisotopic (exact) mass is 467 g/mol. The van der Waals surface area contributed by atoms with Crippen LogP contribution in [0, 0.1) is 6.92 Å². The number of amides is 1. The first-order chi connectivity index (χ1) is 16.5. The summed E-state index contributed by atoms with van der Waals surface area (Å²) >= 11 is 0. The maximum Gasteiger partial charge on any atom is 0.307 e. The zero-order valence-corrected chi connectivity index (χ0v) is 20.8. The van der Waals surface area contributed by atoms with Crippen LogP contribution in [0.2, 0.25) is 0 Å². The molecule has 2 aliphatic heterocycles. The minimum absolute atomic E-state index is 0.128. The predicted octanol–water partition coefficient (Wildman–Crippen LogP) is 3.30. The van der Waals surface area contributed by atoms with Crippen molar-refractivity contribution in [1.29, 1.82) is 0 Å². The fourth-order valence-electron chi connectivity index (χ4n) is 5.17. The molecule has 2 saturated heterocycles. The Morgan fingerprint density at radius 2 is 1.91 bits per heavy atom. The summed E-state index contributed by atoms with van der Waals surface area (Å²) in [5, 5.41) is 1.06. The summed E-state index contributed by atoms with van der Waals surface area (Å²) in [6.07, 6.45) is 4.57. The van der Waals surface area contributed by atoms with E-state index in [1.165, 1.54) is 0 Å². The lowest BCUT2D eigenvalue weighted by Crippen LogP contribution is -2.41. The van der Waals surface area contributed by atoms with Crippen LogP contribution < -0.4 is 4.90 Å². The first-order valence-electron chi connectivity index (χ1n) is 12.6. The third-order valence-electron chi connectivity index (χ3n) is 7.00. The average molecular weight is 468 g/mol. The van der Waals surface area contributed by atoms with E-state index in [0.717, 1.165) is 80.0 Å². The topological polar surface area (TPSA) is 78.9 Å². The van der Waals surface area contributed by atoms with Crippen LogP contribution in [0.25, 0.3) is 10.9 Å². The molecule has 0 N–H and O–H groups in total. The Balaban J connectivity index is 1.62. The molecule has 0 spiro atoms. The molecule has 8 heteroatoms. The zero-order valence-electron chi connectivity index (χ0n) is 20.8. The minimum atomic E-state index is -0.130. The van der Waals surface area contributed by atoms with Crippen molar-refractivity contribution in [2.45, 2.75) is 65.5 Å². The lowest BCUT2D eigenvalue weighted by molar-refractivity contribution is -0.145. The Kier molecular flexibility index (Phi) is 7.98. The van der Waals surface area contributed by atoms with Gasteiger partial charge in [-0.2, -0.15) is 0 Å². The maximum absolute atomic E-state index is 12.2. The number of aromatic nitrogens is 2. The van der Waals surface area contributed by atoms with Crippen molar-refractivity contribution >= 4 is 28.6 Å². The van der Waals surface area contributed by atoms with Gasteiger partial charge in [0.1, 0.15) is 11.6 Å². The van der Waals surface area contributed by atoms with Crippen LogP contribution in [0.15, 0.2) is 18.2 Å². The number of fused-ring (bicyclic) bond motifs is 1. The second-order valence-corrected chi connectivity index (χ2v) is 9.41. The molecule has 1 aromatic carbocycles. The van der Waals surface area contributed by atoms with Crippen LogP contribution in [-0.2, 0) is 20.9 Å². The fraction of sp³-hybridized carbons (Fsp3) is 0.615. The van der Waals surface area contributed by atoms with E-state index in [0.29, 0.717) is 26.1 Å². The Labute approximate surface area is 202 Å². The van der Waals surface area contributed by atoms with Crippen LogP contribution in [0.5, 0.6) is 0 Å². The molecule has 2 aromatic rings. The number of hydrogen-bond acceptors (Lipinski definition) is 7. The van der Waals surface area contributed by atoms with Crippen LogP contribution in [0.4, 0.5) is 5.82 Å². The van der Waals surface area contributed by atoms with E-state index in [1.807, 2.05) is 11.8 Å². The van der Waals surface area contributed by atoms with E-state index in [4.69, 9.17) is 14.7 Å². The highest BCUT2D eigenvalue weighted by Gasteiger charge is 2.27. The Morgan fingerprint density at radius 1 is 1.06 bits per heavy atom. The predicted molar refractivity (Wildman–Crippen MR) is 133 cm³/mol. The van der Waals surface area contributed by atoms with E-state index in [-0.39, 0.29) is 17.9 Å². The van der Waals surface area contributed by atoms with Crippen molar-refractivity contribution in [3.8, 4) is 0 Å². The van der Waals surface area contributed by atoms with Crippen molar-refractivity contribution in [1.82, 2.24) is 19.8 Å². The molecule has 0 bridgehead atoms. The molecule has 1 amide bonds. The number of ether oxygens (including phenoxy) is 1. The van der Waals surface area contributed by atoms with Gasteiger partial charge in [-0.25, -0.2) is 9.97 Å². The van der Waals surface area contributed by atoms with E-state index in [1.54, 1.807) is 6.92 Å². The van der Waals surface area contributed by atoms with Gasteiger partial charge in [0.05, 0.1) is 25.1 Å². The fourth-order valence-corrected chi connectivity index (χ4v) is 5.17. The zero-order chi connectivity index (χ0) is 24.1. The van der Waals surface area contributed by atoms with Crippen molar-refractivity contribution in [3.05, 3.63) is 29.6 Å². The molecule has 0 radical (unpaired) electrons. The summed E-state index contributed by atoms with van der Waals surface area (Å²) in [6.45, 7) is 10.7. The number of nitrogens with zero attached hydrogens (tertiary/aromatic N) is 5. The molecule has 0 aliphatic carbocycles. The number of hydrogen-bond donors (Lipinski definition) is 0. The Morgan fingerprint density at radius 3 is 2.71 bits per heavy atom. The maximum atomic E-state index is 12.2. The first-order valence-corrected chi connectivity index (χ1v) is 12.6. The average Bonchev–Trinajstić information content (AvgIpc) is 3.07. The van der Waals surface area contributed by atoms with Crippen molar-refractivity contribution in [2.75, 3.05) is 44.2 Å². The molecule has 2 fully saturated rings. The third-order valence-corrected chi connectivity index (χ3v) is 7.00. The quantitative estimate of drug-likeness (QED) is 0.603. The lowest BCUT2D eigenvalue weighted by atomic mass is 9.99. The molecular weight excluding hydrogens is 430 g/mol. The standard InChI is InChI=1S/C26H37N5O3/c1-4-34-24(33)17-21-10-5-6-12-31(21)18-23-27-25-19(2)9-7-11-22(25)26(28-23)30-14-8-13-29(15-16-30)20(3)32/h7,9,11,21H,4-6,8,10,12-18H2,1-3H3. The van der Waals surface area contributed by atoms with Crippen molar-refractivity contribution in [3.63, 3.8) is 0 Å². The molecule has 1 atom stereocenters. The van der Waals surface area contributed by atoms with Gasteiger partial charge in [-0.1, -0.05) is 18.6 Å². The number of likely N-dealkylation sites (tertiary alicyclic amines) is 1. The molecule has 2 aliphatic rings. The summed E-state index contributed by atoms with van der Waals surface area (Å²) in [5.74, 6) is 1.74. The minimum Gasteiger partial charge on any atom is -0.466 e. The molecular formula is C26H37N5O3. The second-order valence-electron chi connectivity index (χ2n) is 9.41. The number of rotatable bonds is 6. The molecule has 1 aromatic heterocycles. The summed E-state index contributed by atoms with van der Waals surface area (Å²) in [4.78, 5) is 40.7. The van der Waals surface area contributed by atoms with Crippen LogP contribution in [-0.4, -0.2) is 77.0 Å². The summed E-state index contributed by atoms with van der Waals surface area (Å²) in [6, 6.07) is 6.41. The lowest BCUT2D eigenvalue weighted by Gasteiger charge is -2.35. The first kappa shape index (κ1) is 24.4. The highest BCUT2D eigenvalue weighted by Crippen LogP contribution is 2.29. The Hall–Kier alpha value is -2.74. The SMILES string of the molecule is CCOC(=O)CC1CCCCN1Cc1nc(N2CCCN(C(C)=O)CC2)c2cccc(C)c2n1. The summed E-state index contributed by atoms with van der Waals surface area (Å²) < 4.78 is 5.22. The molecule has 8 nitrogen and oxygen atoms in total. The van der Waals surface area contributed by atoms with Gasteiger partial charge < -0.3 is 14.5 Å². The molecule has 3 heterocycles. The third kappa shape index (κ3) is 5.66. The van der Waals surface area contributed by atoms with Gasteiger partial charge in [-0.3, -0.25) is 14.5 Å². The molecule has 1 unspecified atom stereocenters. The van der Waals surface area contributed by atoms with Gasteiger partial charge in [0.2, 0.25) is 5.91 Å². The van der Waals surface area contributed by atoms with Gasteiger partial charge >= 0.3 is 5.97 Å². The van der Waals surface area contributed by atoms with Gasteiger partial charge in [-0.15, -0.1) is 0 Å². The Bertz CT molecular complexity index is 1030. The number of esters is 1. The van der Waals surface area contributed by atoms with E-state index < -0.39 is 0 Å². The second kappa shape index (κ2) is 11.1. The van der Waals surface area contributed by atoms with Gasteiger partial charge in [-0.05, 0) is 51.3 Å². The van der Waals surface area contributed by atoms with Crippen LogP contribution in [0.3, 0.4) is 0 Å². The largest absolute Gasteiger partial charge is 0.466 e. The van der Waals surface area contributed by atoms with E-state index >= 15 is 0 Å². The highest BCUT2D eigenvalue weighted by atomic mass is 16.5. The molecule has 34 heavy (non-hydrogen) atoms. The number of benzene rings is 1. The smallest absolute Gasteiger partial charge is 0.307 e. The molecule has 184 valence electrons. The number of carbonyl (C=O) groups excluding carboxylic acids is 2. The summed E-state index contributed by atoms with van der Waals surface area (Å²) in [7, 11) is 0. The highest BCUT2D eigenvalue weighted by molar-refractivity contribution is 5.91. The van der Waals surface area contributed by atoms with Crippen LogP contribution >= 0.6 is 0 Å². The van der Waals surface area contributed by atoms with Crippen molar-refractivity contribution < 1.29 is 14.3 Å². The number of aryl methyl sites for hydroxylation is 1. The van der Waals surface area contributed by atoms with E-state index in [9.17, 15) is 9.59 Å². The van der Waals surface area contributed by atoms with Gasteiger partial charge in [0.15, 0.2) is 0 Å². The van der Waals surface area contributed by atoms with Gasteiger partial charge in [0.25, 0.3) is 0 Å². The van der Waals surface area contributed by atoms with E-state index in [2.05, 4.69) is 34.9 Å². The molecule has 4 rings (SSSR count). The number of para-hydroxylation sites is 1. The van der Waals surface area contributed by atoms with Gasteiger partial charge in [0, 0.05) is 44.5 Å².